The summed E-state index contributed by atoms with van der Waals surface area (Å²) >= 11 is 5.16. The van der Waals surface area contributed by atoms with Gasteiger partial charge in [-0.05, 0) is 42.4 Å². The van der Waals surface area contributed by atoms with Gasteiger partial charge < -0.3 is 4.90 Å². The molecule has 2 aromatic rings. The Balaban J connectivity index is 1.61. The van der Waals surface area contributed by atoms with Crippen molar-refractivity contribution in [3.05, 3.63) is 69.9 Å². The minimum atomic E-state index is -0.251. The fourth-order valence-corrected chi connectivity index (χ4v) is 4.45. The Kier molecular flexibility index (Phi) is 6.15. The number of carbonyl (C=O) groups excluding carboxylic acids is 1. The first-order chi connectivity index (χ1) is 12.0. The summed E-state index contributed by atoms with van der Waals surface area (Å²) in [4.78, 5) is 16.7. The van der Waals surface area contributed by atoms with Crippen molar-refractivity contribution in [2.75, 3.05) is 25.9 Å². The highest BCUT2D eigenvalue weighted by atomic mass is 79.9. The summed E-state index contributed by atoms with van der Waals surface area (Å²) < 4.78 is 14.2. The molecule has 1 fully saturated rings. The van der Waals surface area contributed by atoms with Crippen molar-refractivity contribution in [1.82, 2.24) is 9.80 Å². The Morgan fingerprint density at radius 1 is 1.24 bits per heavy atom. The maximum atomic E-state index is 13.1. The normalized spacial score (nSPS) is 17.3. The number of halogens is 2. The molecule has 0 aromatic heterocycles. The van der Waals surface area contributed by atoms with Crippen molar-refractivity contribution in [1.29, 1.82) is 0 Å². The van der Waals surface area contributed by atoms with Crippen LogP contribution in [0.1, 0.15) is 16.5 Å². The van der Waals surface area contributed by atoms with Gasteiger partial charge in [0.25, 0.3) is 0 Å². The van der Waals surface area contributed by atoms with Crippen molar-refractivity contribution >= 4 is 33.6 Å². The molecule has 25 heavy (non-hydrogen) atoms. The largest absolute Gasteiger partial charge is 0.325 e. The predicted octanol–water partition coefficient (Wildman–Crippen LogP) is 4.29. The molecule has 0 unspecified atom stereocenters. The number of carbonyl (C=O) groups is 1. The molecule has 1 amide bonds. The van der Waals surface area contributed by atoms with E-state index in [9.17, 15) is 9.18 Å². The van der Waals surface area contributed by atoms with Crippen LogP contribution in [0.15, 0.2) is 53.0 Å². The minimum Gasteiger partial charge on any atom is -0.325 e. The monoisotopic (exact) mass is 422 g/mol. The van der Waals surface area contributed by atoms with E-state index >= 15 is 0 Å². The summed E-state index contributed by atoms with van der Waals surface area (Å²) in [5.41, 5.74) is 2.15. The summed E-state index contributed by atoms with van der Waals surface area (Å²) in [6, 6.07) is 14.6. The number of amides is 1. The third-order valence-corrected chi connectivity index (χ3v) is 5.93. The summed E-state index contributed by atoms with van der Waals surface area (Å²) in [5.74, 6) is 0.766. The summed E-state index contributed by atoms with van der Waals surface area (Å²) in [6.07, 6.45) is 0. The lowest BCUT2D eigenvalue weighted by molar-refractivity contribution is -0.132. The smallest absolute Gasteiger partial charge is 0.237 e. The van der Waals surface area contributed by atoms with E-state index < -0.39 is 0 Å². The standard InChI is InChI=1S/C19H20BrFN2OS/c1-22(12-14-2-6-16(20)7-3-14)13-18(24)23-10-11-25-19(23)15-4-8-17(21)9-5-15/h2-9,19H,10-13H2,1H3/t19-/m0/s1. The molecule has 1 aliphatic heterocycles. The van der Waals surface area contributed by atoms with Crippen LogP contribution in [0.4, 0.5) is 4.39 Å². The van der Waals surface area contributed by atoms with Gasteiger partial charge in [-0.25, -0.2) is 4.39 Å². The molecule has 2 aromatic carbocycles. The van der Waals surface area contributed by atoms with Gasteiger partial charge in [0.2, 0.25) is 5.91 Å². The maximum Gasteiger partial charge on any atom is 0.237 e. The quantitative estimate of drug-likeness (QED) is 0.717. The summed E-state index contributed by atoms with van der Waals surface area (Å²) in [6.45, 7) is 1.83. The third kappa shape index (κ3) is 4.84. The van der Waals surface area contributed by atoms with Crippen molar-refractivity contribution < 1.29 is 9.18 Å². The van der Waals surface area contributed by atoms with E-state index in [1.807, 2.05) is 29.0 Å². The van der Waals surface area contributed by atoms with Gasteiger partial charge in [0, 0.05) is 23.3 Å². The number of nitrogens with zero attached hydrogens (tertiary/aromatic N) is 2. The van der Waals surface area contributed by atoms with Crippen LogP contribution in [-0.4, -0.2) is 41.6 Å². The summed E-state index contributed by atoms with van der Waals surface area (Å²) in [5, 5.41) is -0.0193. The lowest BCUT2D eigenvalue weighted by atomic mass is 10.2. The second-order valence-electron chi connectivity index (χ2n) is 6.16. The Morgan fingerprint density at radius 2 is 1.92 bits per heavy atom. The molecule has 3 nitrogen and oxygen atoms in total. The molecular formula is C19H20BrFN2OS. The van der Waals surface area contributed by atoms with Gasteiger partial charge in [-0.3, -0.25) is 9.69 Å². The van der Waals surface area contributed by atoms with Crippen LogP contribution >= 0.6 is 27.7 Å². The van der Waals surface area contributed by atoms with E-state index in [0.717, 1.165) is 28.9 Å². The molecular weight excluding hydrogens is 403 g/mol. The topological polar surface area (TPSA) is 23.6 Å². The first-order valence-corrected chi connectivity index (χ1v) is 9.96. The average Bonchev–Trinajstić information content (AvgIpc) is 3.07. The molecule has 1 saturated heterocycles. The van der Waals surface area contributed by atoms with E-state index in [4.69, 9.17) is 0 Å². The Bertz CT molecular complexity index is 723. The fourth-order valence-electron chi connectivity index (χ4n) is 2.91. The zero-order valence-corrected chi connectivity index (χ0v) is 16.4. The molecule has 0 bridgehead atoms. The third-order valence-electron chi connectivity index (χ3n) is 4.14. The van der Waals surface area contributed by atoms with Gasteiger partial charge in [0.15, 0.2) is 0 Å². The van der Waals surface area contributed by atoms with Gasteiger partial charge in [0.1, 0.15) is 11.2 Å². The predicted molar refractivity (Wildman–Crippen MR) is 104 cm³/mol. The van der Waals surface area contributed by atoms with E-state index in [1.54, 1.807) is 23.9 Å². The van der Waals surface area contributed by atoms with Crippen LogP contribution in [-0.2, 0) is 11.3 Å². The van der Waals surface area contributed by atoms with E-state index in [1.165, 1.54) is 17.7 Å². The first kappa shape index (κ1) is 18.4. The molecule has 0 saturated carbocycles. The van der Waals surface area contributed by atoms with Crippen LogP contribution in [0.5, 0.6) is 0 Å². The van der Waals surface area contributed by atoms with Crippen molar-refractivity contribution in [3.8, 4) is 0 Å². The second-order valence-corrected chi connectivity index (χ2v) is 8.26. The zero-order valence-electron chi connectivity index (χ0n) is 14.0. The lowest BCUT2D eigenvalue weighted by Crippen LogP contribution is -2.38. The SMILES string of the molecule is CN(CC(=O)N1CCS[C@H]1c1ccc(F)cc1)Cc1ccc(Br)cc1. The van der Waals surface area contributed by atoms with Gasteiger partial charge >= 0.3 is 0 Å². The number of benzene rings is 2. The fraction of sp³-hybridized carbons (Fsp3) is 0.316. The van der Waals surface area contributed by atoms with Gasteiger partial charge in [-0.15, -0.1) is 11.8 Å². The highest BCUT2D eigenvalue weighted by Crippen LogP contribution is 2.37. The maximum absolute atomic E-state index is 13.1. The van der Waals surface area contributed by atoms with Crippen molar-refractivity contribution in [3.63, 3.8) is 0 Å². The Morgan fingerprint density at radius 3 is 2.60 bits per heavy atom. The minimum absolute atomic E-state index is 0.0193. The first-order valence-electron chi connectivity index (χ1n) is 8.12. The van der Waals surface area contributed by atoms with Crippen LogP contribution in [0, 0.1) is 5.82 Å². The molecule has 6 heteroatoms. The molecule has 0 radical (unpaired) electrons. The highest BCUT2D eigenvalue weighted by Gasteiger charge is 2.30. The van der Waals surface area contributed by atoms with Crippen molar-refractivity contribution in [2.24, 2.45) is 0 Å². The zero-order chi connectivity index (χ0) is 17.8. The van der Waals surface area contributed by atoms with E-state index in [0.29, 0.717) is 6.54 Å². The molecule has 1 heterocycles. The van der Waals surface area contributed by atoms with Crippen LogP contribution < -0.4 is 0 Å². The van der Waals surface area contributed by atoms with E-state index in [2.05, 4.69) is 28.1 Å². The summed E-state index contributed by atoms with van der Waals surface area (Å²) in [7, 11) is 1.95. The van der Waals surface area contributed by atoms with Crippen LogP contribution in [0.3, 0.4) is 0 Å². The molecule has 3 rings (SSSR count). The average molecular weight is 423 g/mol. The second kappa shape index (κ2) is 8.34. The molecule has 1 atom stereocenters. The number of thioether (sulfide) groups is 1. The van der Waals surface area contributed by atoms with Crippen molar-refractivity contribution in [2.45, 2.75) is 11.9 Å². The molecule has 0 spiro atoms. The van der Waals surface area contributed by atoms with Gasteiger partial charge in [-0.2, -0.15) is 0 Å². The number of rotatable bonds is 5. The van der Waals surface area contributed by atoms with Gasteiger partial charge in [0.05, 0.1) is 6.54 Å². The molecule has 132 valence electrons. The molecule has 1 aliphatic rings. The van der Waals surface area contributed by atoms with Gasteiger partial charge in [-0.1, -0.05) is 40.2 Å². The Hall–Kier alpha value is -1.37. The van der Waals surface area contributed by atoms with Crippen LogP contribution in [0.2, 0.25) is 0 Å². The Labute approximate surface area is 160 Å². The molecule has 0 N–H and O–H groups in total. The highest BCUT2D eigenvalue weighted by molar-refractivity contribution is 9.10. The van der Waals surface area contributed by atoms with Crippen LogP contribution in [0.25, 0.3) is 0 Å². The lowest BCUT2D eigenvalue weighted by Gasteiger charge is -2.26. The number of likely N-dealkylation sites (N-methyl/N-ethyl adjacent to an activating group) is 1. The van der Waals surface area contributed by atoms with E-state index in [-0.39, 0.29) is 17.1 Å². The number of hydrogen-bond acceptors (Lipinski definition) is 3. The molecule has 0 aliphatic carbocycles. The number of hydrogen-bond donors (Lipinski definition) is 0.